The van der Waals surface area contributed by atoms with Crippen LogP contribution in [0.2, 0.25) is 5.02 Å². The third kappa shape index (κ3) is 3.20. The van der Waals surface area contributed by atoms with E-state index in [1.54, 1.807) is 26.8 Å². The van der Waals surface area contributed by atoms with E-state index in [1.807, 2.05) is 18.2 Å². The zero-order chi connectivity index (χ0) is 12.3. The smallest absolute Gasteiger partial charge is 0.212 e. The first kappa shape index (κ1) is 13.5. The molecule has 0 saturated carbocycles. The number of sulfonamides is 1. The van der Waals surface area contributed by atoms with Gasteiger partial charge in [0.1, 0.15) is 0 Å². The molecule has 90 valence electrons. The third-order valence-electron chi connectivity index (χ3n) is 2.33. The molecule has 3 nitrogen and oxygen atoms in total. The van der Waals surface area contributed by atoms with Crippen molar-refractivity contribution in [3.05, 3.63) is 34.9 Å². The minimum absolute atomic E-state index is 0.318. The Morgan fingerprint density at radius 2 is 1.75 bits per heavy atom. The van der Waals surface area contributed by atoms with Crippen LogP contribution in [0.1, 0.15) is 32.4 Å². The SMILES string of the molecule is CC(NS(=O)(=O)C(C)C)c1ccccc1Cl. The van der Waals surface area contributed by atoms with Crippen molar-refractivity contribution in [3.63, 3.8) is 0 Å². The average molecular weight is 262 g/mol. The molecule has 0 spiro atoms. The summed E-state index contributed by atoms with van der Waals surface area (Å²) < 4.78 is 25.9. The summed E-state index contributed by atoms with van der Waals surface area (Å²) in [4.78, 5) is 0. The lowest BCUT2D eigenvalue weighted by Gasteiger charge is -2.17. The molecule has 0 saturated heterocycles. The topological polar surface area (TPSA) is 46.2 Å². The molecule has 0 aromatic heterocycles. The fourth-order valence-corrected chi connectivity index (χ4v) is 2.46. The number of hydrogen-bond acceptors (Lipinski definition) is 2. The molecule has 5 heteroatoms. The van der Waals surface area contributed by atoms with Crippen LogP contribution in [0.3, 0.4) is 0 Å². The fourth-order valence-electron chi connectivity index (χ4n) is 1.27. The molecule has 0 heterocycles. The van der Waals surface area contributed by atoms with Gasteiger partial charge in [0.15, 0.2) is 0 Å². The largest absolute Gasteiger partial charge is 0.214 e. The Bertz CT molecular complexity index is 457. The van der Waals surface area contributed by atoms with Gasteiger partial charge in [-0.1, -0.05) is 29.8 Å². The van der Waals surface area contributed by atoms with E-state index in [0.717, 1.165) is 5.56 Å². The van der Waals surface area contributed by atoms with Crippen molar-refractivity contribution in [3.8, 4) is 0 Å². The van der Waals surface area contributed by atoms with Crippen LogP contribution in [0.4, 0.5) is 0 Å². The van der Waals surface area contributed by atoms with E-state index in [1.165, 1.54) is 0 Å². The van der Waals surface area contributed by atoms with Crippen molar-refractivity contribution in [2.45, 2.75) is 32.1 Å². The van der Waals surface area contributed by atoms with Gasteiger partial charge in [0, 0.05) is 11.1 Å². The van der Waals surface area contributed by atoms with Gasteiger partial charge in [0.05, 0.1) is 5.25 Å². The van der Waals surface area contributed by atoms with Crippen LogP contribution in [0, 0.1) is 0 Å². The predicted molar refractivity (Wildman–Crippen MR) is 67.1 cm³/mol. The van der Waals surface area contributed by atoms with Crippen molar-refractivity contribution in [2.24, 2.45) is 0 Å². The van der Waals surface area contributed by atoms with Gasteiger partial charge in [0.2, 0.25) is 10.0 Å². The molecule has 0 aliphatic rings. The van der Waals surface area contributed by atoms with Crippen molar-refractivity contribution in [2.75, 3.05) is 0 Å². The fraction of sp³-hybridized carbons (Fsp3) is 0.455. The normalized spacial score (nSPS) is 14.1. The van der Waals surface area contributed by atoms with Gasteiger partial charge in [-0.25, -0.2) is 13.1 Å². The summed E-state index contributed by atoms with van der Waals surface area (Å²) in [6.45, 7) is 5.06. The highest BCUT2D eigenvalue weighted by Gasteiger charge is 2.20. The molecule has 0 aliphatic heterocycles. The average Bonchev–Trinajstić information content (AvgIpc) is 2.17. The number of hydrogen-bond donors (Lipinski definition) is 1. The van der Waals surface area contributed by atoms with E-state index in [9.17, 15) is 8.42 Å². The van der Waals surface area contributed by atoms with Crippen LogP contribution in [0.15, 0.2) is 24.3 Å². The summed E-state index contributed by atoms with van der Waals surface area (Å²) in [5, 5.41) is 0.124. The van der Waals surface area contributed by atoms with Crippen molar-refractivity contribution in [1.82, 2.24) is 4.72 Å². The Morgan fingerprint density at radius 3 is 2.25 bits per heavy atom. The van der Waals surface area contributed by atoms with Crippen LogP contribution in [-0.2, 0) is 10.0 Å². The highest BCUT2D eigenvalue weighted by Crippen LogP contribution is 2.23. The quantitative estimate of drug-likeness (QED) is 0.906. The molecule has 1 aromatic carbocycles. The van der Waals surface area contributed by atoms with E-state index >= 15 is 0 Å². The Hall–Kier alpha value is -0.580. The predicted octanol–water partition coefficient (Wildman–Crippen LogP) is 2.73. The Kier molecular flexibility index (Phi) is 4.35. The molecule has 0 radical (unpaired) electrons. The molecule has 0 amide bonds. The summed E-state index contributed by atoms with van der Waals surface area (Å²) >= 11 is 5.99. The van der Waals surface area contributed by atoms with Gasteiger partial charge in [-0.2, -0.15) is 0 Å². The molecule has 1 N–H and O–H groups in total. The molecule has 0 fully saturated rings. The van der Waals surface area contributed by atoms with E-state index in [4.69, 9.17) is 11.6 Å². The van der Waals surface area contributed by atoms with Crippen LogP contribution in [-0.4, -0.2) is 13.7 Å². The van der Waals surface area contributed by atoms with Gasteiger partial charge >= 0.3 is 0 Å². The minimum atomic E-state index is -3.27. The van der Waals surface area contributed by atoms with Crippen LogP contribution < -0.4 is 4.72 Å². The molecular weight excluding hydrogens is 246 g/mol. The molecule has 1 unspecified atom stereocenters. The number of nitrogens with one attached hydrogen (secondary N) is 1. The Morgan fingerprint density at radius 1 is 1.19 bits per heavy atom. The first-order valence-corrected chi connectivity index (χ1v) is 7.02. The summed E-state index contributed by atoms with van der Waals surface area (Å²) in [6, 6.07) is 6.89. The Labute approximate surface area is 102 Å². The van der Waals surface area contributed by atoms with E-state index in [-0.39, 0.29) is 6.04 Å². The second kappa shape index (κ2) is 5.17. The lowest BCUT2D eigenvalue weighted by Crippen LogP contribution is -2.33. The summed E-state index contributed by atoms with van der Waals surface area (Å²) in [5.74, 6) is 0. The first-order chi connectivity index (χ1) is 7.34. The van der Waals surface area contributed by atoms with Gasteiger partial charge < -0.3 is 0 Å². The molecule has 1 aromatic rings. The highest BCUT2D eigenvalue weighted by molar-refractivity contribution is 7.90. The zero-order valence-corrected chi connectivity index (χ0v) is 11.1. The van der Waals surface area contributed by atoms with Crippen molar-refractivity contribution >= 4 is 21.6 Å². The second-order valence-electron chi connectivity index (χ2n) is 3.95. The zero-order valence-electron chi connectivity index (χ0n) is 9.57. The van der Waals surface area contributed by atoms with Crippen LogP contribution in [0.5, 0.6) is 0 Å². The van der Waals surface area contributed by atoms with Crippen LogP contribution >= 0.6 is 11.6 Å². The minimum Gasteiger partial charge on any atom is -0.212 e. The molecule has 0 aliphatic carbocycles. The second-order valence-corrected chi connectivity index (χ2v) is 6.63. The lowest BCUT2D eigenvalue weighted by molar-refractivity contribution is 0.558. The molecule has 16 heavy (non-hydrogen) atoms. The summed E-state index contributed by atoms with van der Waals surface area (Å²) in [6.07, 6.45) is 0. The lowest BCUT2D eigenvalue weighted by atomic mass is 10.1. The maximum Gasteiger partial charge on any atom is 0.214 e. The van der Waals surface area contributed by atoms with Gasteiger partial charge in [-0.15, -0.1) is 0 Å². The first-order valence-electron chi connectivity index (χ1n) is 5.10. The van der Waals surface area contributed by atoms with Crippen molar-refractivity contribution < 1.29 is 8.42 Å². The third-order valence-corrected chi connectivity index (χ3v) is 4.60. The molecule has 1 rings (SSSR count). The van der Waals surface area contributed by atoms with E-state index < -0.39 is 15.3 Å². The summed E-state index contributed by atoms with van der Waals surface area (Å²) in [7, 11) is -3.27. The van der Waals surface area contributed by atoms with Crippen LogP contribution in [0.25, 0.3) is 0 Å². The monoisotopic (exact) mass is 261 g/mol. The molecule has 0 bridgehead atoms. The van der Waals surface area contributed by atoms with Crippen molar-refractivity contribution in [1.29, 1.82) is 0 Å². The maximum absolute atomic E-state index is 11.7. The molecular formula is C11H16ClNO2S. The van der Waals surface area contributed by atoms with E-state index in [2.05, 4.69) is 4.72 Å². The molecule has 1 atom stereocenters. The Balaban J connectivity index is 2.89. The van der Waals surface area contributed by atoms with Gasteiger partial charge in [-0.05, 0) is 32.4 Å². The number of rotatable bonds is 4. The number of halogens is 1. The summed E-state index contributed by atoms with van der Waals surface area (Å²) in [5.41, 5.74) is 0.786. The van der Waals surface area contributed by atoms with Gasteiger partial charge in [0.25, 0.3) is 0 Å². The van der Waals surface area contributed by atoms with Gasteiger partial charge in [-0.3, -0.25) is 0 Å². The highest BCUT2D eigenvalue weighted by atomic mass is 35.5. The maximum atomic E-state index is 11.7. The number of benzene rings is 1. The standard InChI is InChI=1S/C11H16ClNO2S/c1-8(2)16(14,15)13-9(3)10-6-4-5-7-11(10)12/h4-9,13H,1-3H3. The van der Waals surface area contributed by atoms with E-state index in [0.29, 0.717) is 5.02 Å².